The van der Waals surface area contributed by atoms with Crippen LogP contribution in [0.2, 0.25) is 0 Å². The zero-order chi connectivity index (χ0) is 11.4. The van der Waals surface area contributed by atoms with E-state index in [1.807, 2.05) is 0 Å². The maximum Gasteiger partial charge on any atom is 0.196 e. The molecule has 0 heterocycles. The summed E-state index contributed by atoms with van der Waals surface area (Å²) in [7, 11) is 11.0. The van der Waals surface area contributed by atoms with Gasteiger partial charge in [0.1, 0.15) is 15.7 Å². The Morgan fingerprint density at radius 1 is 1.20 bits per heavy atom. The fourth-order valence-electron chi connectivity index (χ4n) is 1.18. The highest BCUT2D eigenvalue weighted by Crippen LogP contribution is 2.27. The van der Waals surface area contributed by atoms with Crippen molar-refractivity contribution in [1.82, 2.24) is 0 Å². The molecule has 4 radical (unpaired) electrons. The van der Waals surface area contributed by atoms with E-state index < -0.39 is 5.82 Å². The summed E-state index contributed by atoms with van der Waals surface area (Å²) in [6.45, 7) is 4.28. The number of hydrogen-bond donors (Lipinski definition) is 0. The minimum absolute atomic E-state index is 0.0195. The van der Waals surface area contributed by atoms with Crippen molar-refractivity contribution >= 4 is 26.6 Å². The molecule has 0 fully saturated rings. The van der Waals surface area contributed by atoms with Crippen LogP contribution in [-0.2, 0) is 0 Å². The zero-order valence-electron chi connectivity index (χ0n) is 8.84. The average Bonchev–Trinajstić information content (AvgIpc) is 2.21. The van der Waals surface area contributed by atoms with Crippen molar-refractivity contribution in [2.24, 2.45) is 0 Å². The van der Waals surface area contributed by atoms with E-state index >= 15 is 0 Å². The molecule has 0 aliphatic rings. The molecular weight excluding hydrogens is 193 g/mol. The quantitative estimate of drug-likeness (QED) is 0.652. The van der Waals surface area contributed by atoms with Gasteiger partial charge in [0, 0.05) is 0 Å². The minimum Gasteiger partial charge on any atom is -0.490 e. The van der Waals surface area contributed by atoms with Crippen molar-refractivity contribution in [1.29, 1.82) is 0 Å². The molecule has 1 rings (SSSR count). The molecule has 0 aliphatic carbocycles. The van der Waals surface area contributed by atoms with E-state index in [1.165, 1.54) is 6.07 Å². The van der Waals surface area contributed by atoms with Gasteiger partial charge in [-0.05, 0) is 19.9 Å². The Hall–Kier alpha value is -1.12. The molecule has 0 spiro atoms. The van der Waals surface area contributed by atoms with E-state index in [4.69, 9.17) is 25.2 Å². The van der Waals surface area contributed by atoms with E-state index in [9.17, 15) is 4.39 Å². The lowest BCUT2D eigenvalue weighted by atomic mass is 9.80. The molecule has 0 aliphatic heterocycles. The van der Waals surface area contributed by atoms with E-state index in [0.717, 1.165) is 0 Å². The second-order valence-electron chi connectivity index (χ2n) is 2.89. The van der Waals surface area contributed by atoms with Gasteiger partial charge in [0.25, 0.3) is 0 Å². The van der Waals surface area contributed by atoms with Gasteiger partial charge in [-0.3, -0.25) is 0 Å². The highest BCUT2D eigenvalue weighted by molar-refractivity contribution is 6.48. The summed E-state index contributed by atoms with van der Waals surface area (Å²) in [5.74, 6) is -0.366. The van der Waals surface area contributed by atoms with Crippen LogP contribution in [0, 0.1) is 5.82 Å². The Labute approximate surface area is 91.6 Å². The number of rotatable bonds is 4. The van der Waals surface area contributed by atoms with E-state index in [0.29, 0.717) is 13.2 Å². The second kappa shape index (κ2) is 5.10. The van der Waals surface area contributed by atoms with Crippen molar-refractivity contribution in [3.05, 3.63) is 11.9 Å². The third-order valence-corrected chi connectivity index (χ3v) is 1.85. The van der Waals surface area contributed by atoms with Gasteiger partial charge in [-0.2, -0.15) is 0 Å². The van der Waals surface area contributed by atoms with Crippen molar-refractivity contribution in [2.75, 3.05) is 13.2 Å². The molecule has 0 atom stereocenters. The predicted octanol–water partition coefficient (Wildman–Crippen LogP) is 0.211. The fraction of sp³-hybridized carbons (Fsp3) is 0.400. The van der Waals surface area contributed by atoms with Gasteiger partial charge in [0.05, 0.1) is 13.2 Å². The van der Waals surface area contributed by atoms with Crippen LogP contribution in [0.4, 0.5) is 4.39 Å². The molecule has 1 aromatic carbocycles. The maximum absolute atomic E-state index is 13.6. The molecule has 0 saturated heterocycles. The van der Waals surface area contributed by atoms with E-state index in [1.54, 1.807) is 13.8 Å². The molecule has 0 bridgehead atoms. The third kappa shape index (κ3) is 2.46. The van der Waals surface area contributed by atoms with Crippen molar-refractivity contribution in [3.63, 3.8) is 0 Å². The first kappa shape index (κ1) is 12.0. The number of hydrogen-bond acceptors (Lipinski definition) is 2. The first-order valence-corrected chi connectivity index (χ1v) is 4.74. The highest BCUT2D eigenvalue weighted by atomic mass is 19.1. The normalized spacial score (nSPS) is 10.1. The van der Waals surface area contributed by atoms with E-state index in [2.05, 4.69) is 0 Å². The molecule has 5 heteroatoms. The molecule has 2 nitrogen and oxygen atoms in total. The minimum atomic E-state index is -0.666. The molecule has 15 heavy (non-hydrogen) atoms. The van der Waals surface area contributed by atoms with Crippen LogP contribution in [0.15, 0.2) is 6.07 Å². The van der Waals surface area contributed by atoms with Gasteiger partial charge in [-0.15, -0.1) is 0 Å². The Bertz CT molecular complexity index is 356. The summed E-state index contributed by atoms with van der Waals surface area (Å²) in [5, 5.41) is 0. The lowest BCUT2D eigenvalue weighted by Crippen LogP contribution is -2.30. The summed E-state index contributed by atoms with van der Waals surface area (Å²) in [4.78, 5) is 0. The summed E-state index contributed by atoms with van der Waals surface area (Å²) >= 11 is 0. The van der Waals surface area contributed by atoms with Crippen LogP contribution >= 0.6 is 0 Å². The van der Waals surface area contributed by atoms with Crippen molar-refractivity contribution < 1.29 is 13.9 Å². The molecule has 1 aromatic rings. The van der Waals surface area contributed by atoms with Crippen LogP contribution in [0.1, 0.15) is 13.8 Å². The van der Waals surface area contributed by atoms with Crippen LogP contribution in [0.3, 0.4) is 0 Å². The molecule has 0 unspecified atom stereocenters. The topological polar surface area (TPSA) is 18.5 Å². The summed E-state index contributed by atoms with van der Waals surface area (Å²) in [6.07, 6.45) is 0. The molecule has 0 aromatic heterocycles. The molecule has 76 valence electrons. The first-order valence-electron chi connectivity index (χ1n) is 4.74. The molecule has 0 saturated carbocycles. The van der Waals surface area contributed by atoms with Gasteiger partial charge >= 0.3 is 0 Å². The van der Waals surface area contributed by atoms with Gasteiger partial charge in [0.2, 0.25) is 0 Å². The van der Waals surface area contributed by atoms with Crippen LogP contribution < -0.4 is 20.4 Å². The highest BCUT2D eigenvalue weighted by Gasteiger charge is 2.15. The van der Waals surface area contributed by atoms with Gasteiger partial charge in [-0.25, -0.2) is 4.39 Å². The predicted molar refractivity (Wildman–Crippen MR) is 59.5 cm³/mol. The average molecular weight is 204 g/mol. The van der Waals surface area contributed by atoms with Gasteiger partial charge in [-0.1, -0.05) is 10.9 Å². The lowest BCUT2D eigenvalue weighted by molar-refractivity contribution is 0.277. The zero-order valence-corrected chi connectivity index (χ0v) is 8.84. The monoisotopic (exact) mass is 204 g/mol. The molecule has 0 amide bonds. The smallest absolute Gasteiger partial charge is 0.196 e. The second-order valence-corrected chi connectivity index (χ2v) is 2.89. The van der Waals surface area contributed by atoms with Crippen LogP contribution in [-0.4, -0.2) is 28.9 Å². The summed E-state index contributed by atoms with van der Waals surface area (Å²) < 4.78 is 23.9. The van der Waals surface area contributed by atoms with Crippen LogP contribution in [0.25, 0.3) is 0 Å². The Kier molecular flexibility index (Phi) is 4.06. The molecule has 0 N–H and O–H groups in total. The third-order valence-electron chi connectivity index (χ3n) is 1.85. The van der Waals surface area contributed by atoms with E-state index in [-0.39, 0.29) is 22.4 Å². The SMILES string of the molecule is [B]c1cc(OCC)c(OCC)c(F)c1[B]. The Morgan fingerprint density at radius 3 is 2.33 bits per heavy atom. The van der Waals surface area contributed by atoms with Crippen molar-refractivity contribution in [3.8, 4) is 11.5 Å². The van der Waals surface area contributed by atoms with Crippen LogP contribution in [0.5, 0.6) is 11.5 Å². The summed E-state index contributed by atoms with van der Waals surface area (Å²) in [6, 6.07) is 1.47. The summed E-state index contributed by atoms with van der Waals surface area (Å²) in [5.41, 5.74) is 0.0429. The maximum atomic E-state index is 13.6. The fourth-order valence-corrected chi connectivity index (χ4v) is 1.18. The van der Waals surface area contributed by atoms with Gasteiger partial charge < -0.3 is 9.47 Å². The Morgan fingerprint density at radius 2 is 1.80 bits per heavy atom. The lowest BCUT2D eigenvalue weighted by Gasteiger charge is -2.15. The van der Waals surface area contributed by atoms with Gasteiger partial charge in [0.15, 0.2) is 17.3 Å². The number of halogens is 1. The number of ether oxygens (including phenoxy) is 2. The Balaban J connectivity index is 3.23. The standard InChI is InChI=1S/C10H11B2FO2/c1-3-14-7-5-6(11)8(12)9(13)10(7)15-4-2/h5H,3-4H2,1-2H3. The molecular formula is C10H11B2FO2. The first-order chi connectivity index (χ1) is 7.11. The van der Waals surface area contributed by atoms with Crippen molar-refractivity contribution in [2.45, 2.75) is 13.8 Å². The largest absolute Gasteiger partial charge is 0.490 e. The number of benzene rings is 1.